The Bertz CT molecular complexity index is 4240. The van der Waals surface area contributed by atoms with Gasteiger partial charge in [0.15, 0.2) is 0 Å². The molecule has 0 heterocycles. The minimum absolute atomic E-state index is 0.718. The summed E-state index contributed by atoms with van der Waals surface area (Å²) in [5.74, 6) is 0. The second-order valence-corrected chi connectivity index (χ2v) is 10.0. The monoisotopic (exact) mass is 640 g/mol. The molecule has 0 atom stereocenters. The molecule has 0 spiro atoms. The van der Waals surface area contributed by atoms with Crippen LogP contribution in [-0.2, 0) is 0 Å². The van der Waals surface area contributed by atoms with Crippen LogP contribution in [0.1, 0.15) is 43.9 Å². The predicted octanol–water partition coefficient (Wildman–Crippen LogP) is 13.5. The summed E-state index contributed by atoms with van der Waals surface area (Å²) in [4.78, 5) is 0. The summed E-state index contributed by atoms with van der Waals surface area (Å²) in [5, 5.41) is -5.28. The number of hydrogen-bond acceptors (Lipinski definition) is 0. The lowest BCUT2D eigenvalue weighted by atomic mass is 9.83. The summed E-state index contributed by atoms with van der Waals surface area (Å²) in [5.41, 5.74) is -9.90. The summed E-state index contributed by atoms with van der Waals surface area (Å²) < 4.78 is 290. The molecule has 0 heteroatoms. The standard InChI is InChI=1S/C48H32/c1-4-15-33(16-5-1)38-29-39(34-17-6-2-7-18-34)31-40(30-38)48-44-25-13-12-24-43(44)47(36-20-8-3-9-21-36)45-28-27-37(32-46(45)48)42-26-14-22-35-19-10-11-23-41(35)42/h1-32H/i1D,2D,3D,4D,5D,6D,7D,8D,9D,10D,11D,12D,13D,14D,15D,16D,17D,18D,19D,20D,21D,22D,23D,24D,25D,26D,27D,28D,29D,30D,31D,32D. The molecular formula is C48H32. The first-order valence-electron chi connectivity index (χ1n) is 30.0. The predicted molar refractivity (Wildman–Crippen MR) is 206 cm³/mol. The fourth-order valence-electron chi connectivity index (χ4n) is 5.31. The van der Waals surface area contributed by atoms with Crippen LogP contribution in [0, 0.1) is 0 Å². The third-order valence-electron chi connectivity index (χ3n) is 7.31. The smallest absolute Gasteiger partial charge is 0.0622 e. The lowest BCUT2D eigenvalue weighted by Gasteiger charge is -2.20. The average molecular weight is 641 g/mol. The normalized spacial score (nSPS) is 20.7. The zero-order chi connectivity index (χ0) is 59.7. The first-order valence-corrected chi connectivity index (χ1v) is 14.0. The van der Waals surface area contributed by atoms with Crippen molar-refractivity contribution in [3.8, 4) is 55.6 Å². The minimum Gasteiger partial charge on any atom is -0.0622 e. The average Bonchev–Trinajstić information content (AvgIpc) is 3.54. The molecule has 0 aliphatic heterocycles. The van der Waals surface area contributed by atoms with E-state index in [9.17, 15) is 15.1 Å². The van der Waals surface area contributed by atoms with Crippen LogP contribution in [0.5, 0.6) is 0 Å². The van der Waals surface area contributed by atoms with Crippen molar-refractivity contribution in [3.05, 3.63) is 193 Å². The second kappa shape index (κ2) is 11.8. The zero-order valence-corrected chi connectivity index (χ0v) is 24.0. The van der Waals surface area contributed by atoms with Crippen molar-refractivity contribution in [1.82, 2.24) is 0 Å². The fraction of sp³-hybridized carbons (Fsp3) is 0. The Hall–Kier alpha value is -6.24. The number of hydrogen-bond donors (Lipinski definition) is 0. The van der Waals surface area contributed by atoms with Gasteiger partial charge in [0.25, 0.3) is 0 Å². The van der Waals surface area contributed by atoms with Crippen molar-refractivity contribution in [1.29, 1.82) is 0 Å². The van der Waals surface area contributed by atoms with Crippen LogP contribution in [0.15, 0.2) is 193 Å². The Kier molecular flexibility index (Phi) is 2.56. The Morgan fingerprint density at radius 3 is 1.33 bits per heavy atom. The van der Waals surface area contributed by atoms with E-state index in [2.05, 4.69) is 0 Å². The Labute approximate surface area is 326 Å². The molecule has 0 radical (unpaired) electrons. The van der Waals surface area contributed by atoms with E-state index in [-0.39, 0.29) is 0 Å². The molecule has 0 bridgehead atoms. The molecule has 0 aromatic heterocycles. The second-order valence-electron chi connectivity index (χ2n) is 10.0. The van der Waals surface area contributed by atoms with Gasteiger partial charge in [-0.2, -0.15) is 0 Å². The van der Waals surface area contributed by atoms with Gasteiger partial charge in [0.2, 0.25) is 0 Å². The molecule has 0 saturated carbocycles. The summed E-state index contributed by atoms with van der Waals surface area (Å²) in [6.45, 7) is 0. The van der Waals surface area contributed by atoms with Crippen molar-refractivity contribution >= 4 is 32.3 Å². The highest BCUT2D eigenvalue weighted by molar-refractivity contribution is 6.22. The van der Waals surface area contributed by atoms with Crippen molar-refractivity contribution in [2.24, 2.45) is 0 Å². The van der Waals surface area contributed by atoms with Crippen LogP contribution in [0.3, 0.4) is 0 Å². The van der Waals surface area contributed by atoms with Crippen LogP contribution in [0.2, 0.25) is 0 Å². The SMILES string of the molecule is [2H]c1c([2H])c([2H])c(-c2c([2H])c(-c3c([2H])c([2H])c([2H])c([2H])c3[2H])c([2H])c(-c3c4c([2H])c([2H])c([2H])c([2H])c4c(-c4c([2H])c([2H])c([2H])c([2H])c4[2H])c4c([2H])c([2H])c(-c5c([2H])c([2H])c([2H])c6c([2H])c([2H])c([2H])c([2H])c56)c([2H])c34)c2[2H])c([2H])c1[2H]. The molecule has 0 saturated heterocycles. The van der Waals surface area contributed by atoms with E-state index in [1.54, 1.807) is 0 Å². The van der Waals surface area contributed by atoms with Gasteiger partial charge in [-0.3, -0.25) is 0 Å². The van der Waals surface area contributed by atoms with Gasteiger partial charge in [-0.05, 0) is 112 Å². The molecular weight excluding hydrogens is 577 g/mol. The molecule has 0 unspecified atom stereocenters. The molecule has 9 aromatic rings. The molecule has 48 heavy (non-hydrogen) atoms. The highest BCUT2D eigenvalue weighted by Gasteiger charge is 2.19. The topological polar surface area (TPSA) is 0 Å². The van der Waals surface area contributed by atoms with Crippen LogP contribution in [0.25, 0.3) is 88.0 Å². The number of fused-ring (bicyclic) bond motifs is 3. The molecule has 224 valence electrons. The third kappa shape index (κ3) is 4.87. The molecule has 0 aliphatic rings. The van der Waals surface area contributed by atoms with Gasteiger partial charge >= 0.3 is 0 Å². The number of rotatable bonds is 5. The third-order valence-corrected chi connectivity index (χ3v) is 7.31. The maximum absolute atomic E-state index is 10.3. The molecule has 0 aliphatic carbocycles. The molecule has 0 nitrogen and oxygen atoms in total. The molecule has 0 amide bonds. The van der Waals surface area contributed by atoms with Gasteiger partial charge in [0.05, 0.1) is 43.9 Å². The van der Waals surface area contributed by atoms with Crippen LogP contribution < -0.4 is 0 Å². The van der Waals surface area contributed by atoms with Crippen LogP contribution in [-0.4, -0.2) is 0 Å². The summed E-state index contributed by atoms with van der Waals surface area (Å²) in [7, 11) is 0. The first-order chi connectivity index (χ1) is 37.1. The van der Waals surface area contributed by atoms with Gasteiger partial charge in [-0.1, -0.05) is 169 Å². The van der Waals surface area contributed by atoms with Gasteiger partial charge in [0.1, 0.15) is 0 Å². The van der Waals surface area contributed by atoms with Crippen LogP contribution in [0.4, 0.5) is 0 Å². The molecule has 0 fully saturated rings. The fourth-order valence-corrected chi connectivity index (χ4v) is 5.31. The van der Waals surface area contributed by atoms with Crippen molar-refractivity contribution < 1.29 is 43.9 Å². The van der Waals surface area contributed by atoms with Crippen molar-refractivity contribution in [3.63, 3.8) is 0 Å². The van der Waals surface area contributed by atoms with Gasteiger partial charge in [0, 0.05) is 0 Å². The van der Waals surface area contributed by atoms with E-state index in [1.165, 1.54) is 0 Å². The molecule has 9 rings (SSSR count). The Morgan fingerprint density at radius 2 is 0.708 bits per heavy atom. The number of benzene rings is 9. The van der Waals surface area contributed by atoms with E-state index in [1.807, 2.05) is 0 Å². The van der Waals surface area contributed by atoms with E-state index in [4.69, 9.17) is 28.8 Å². The lowest BCUT2D eigenvalue weighted by Crippen LogP contribution is -1.93. The Balaban J connectivity index is 1.75. The van der Waals surface area contributed by atoms with E-state index < -0.39 is 281 Å². The van der Waals surface area contributed by atoms with Crippen molar-refractivity contribution in [2.45, 2.75) is 0 Å². The highest BCUT2D eigenvalue weighted by atomic mass is 14.2. The van der Waals surface area contributed by atoms with E-state index in [0.717, 1.165) is 0 Å². The maximum Gasteiger partial charge on any atom is 0.0636 e. The largest absolute Gasteiger partial charge is 0.0636 e. The van der Waals surface area contributed by atoms with Gasteiger partial charge in [-0.25, -0.2) is 0 Å². The molecule has 0 N–H and O–H groups in total. The maximum atomic E-state index is 10.3. The minimum atomic E-state index is -1.27. The highest BCUT2D eigenvalue weighted by Crippen LogP contribution is 2.46. The zero-order valence-electron chi connectivity index (χ0n) is 56.0. The van der Waals surface area contributed by atoms with Gasteiger partial charge < -0.3 is 0 Å². The molecule has 9 aromatic carbocycles. The lowest BCUT2D eigenvalue weighted by molar-refractivity contribution is 1.58. The quantitative estimate of drug-likeness (QED) is 0.164. The first kappa shape index (κ1) is 10.4. The summed E-state index contributed by atoms with van der Waals surface area (Å²) in [6, 6.07) is -34.7. The van der Waals surface area contributed by atoms with Crippen LogP contribution >= 0.6 is 0 Å². The van der Waals surface area contributed by atoms with E-state index in [0.29, 0.717) is 0 Å². The van der Waals surface area contributed by atoms with Gasteiger partial charge in [-0.15, -0.1) is 0 Å². The summed E-state index contributed by atoms with van der Waals surface area (Å²) in [6.07, 6.45) is 0. The van der Waals surface area contributed by atoms with E-state index >= 15 is 0 Å². The Morgan fingerprint density at radius 1 is 0.250 bits per heavy atom. The van der Waals surface area contributed by atoms with Crippen molar-refractivity contribution in [2.75, 3.05) is 0 Å². The summed E-state index contributed by atoms with van der Waals surface area (Å²) >= 11 is 0.